The third kappa shape index (κ3) is 3.19. The van der Waals surface area contributed by atoms with Gasteiger partial charge < -0.3 is 14.4 Å². The number of rotatable bonds is 5. The summed E-state index contributed by atoms with van der Waals surface area (Å²) in [5.74, 6) is -0.326. The molecule has 3 rings (SSSR count). The second-order valence-electron chi connectivity index (χ2n) is 4.90. The number of hydrogen-bond donors (Lipinski definition) is 1. The molecule has 0 spiro atoms. The van der Waals surface area contributed by atoms with Gasteiger partial charge in [0.1, 0.15) is 12.4 Å². The number of benzene rings is 1. The van der Waals surface area contributed by atoms with Gasteiger partial charge in [0, 0.05) is 12.4 Å². The highest BCUT2D eigenvalue weighted by Crippen LogP contribution is 2.38. The molecule has 1 N–H and O–H groups in total. The molecule has 1 aliphatic rings. The van der Waals surface area contributed by atoms with Crippen LogP contribution in [0.25, 0.3) is 0 Å². The number of carboxylic acid groups (broad SMARTS) is 1. The van der Waals surface area contributed by atoms with E-state index in [-0.39, 0.29) is 18.3 Å². The molecule has 0 amide bonds. The van der Waals surface area contributed by atoms with Gasteiger partial charge in [-0.3, -0.25) is 4.79 Å². The molecule has 0 saturated heterocycles. The molecule has 1 heterocycles. The van der Waals surface area contributed by atoms with E-state index < -0.39 is 5.97 Å². The van der Waals surface area contributed by atoms with Crippen molar-refractivity contribution in [1.82, 2.24) is 9.55 Å². The van der Waals surface area contributed by atoms with Crippen molar-refractivity contribution in [2.45, 2.75) is 25.3 Å². The number of hydrogen-bond acceptors (Lipinski definition) is 3. The molecule has 5 nitrogen and oxygen atoms in total. The fourth-order valence-corrected chi connectivity index (χ4v) is 2.69. The molecule has 112 valence electrons. The number of carboxylic acids is 1. The normalized spacial score (nSPS) is 16.1. The highest BCUT2D eigenvalue weighted by Gasteiger charge is 2.30. The van der Waals surface area contributed by atoms with E-state index in [0.29, 0.717) is 13.0 Å². The van der Waals surface area contributed by atoms with Crippen LogP contribution in [0.3, 0.4) is 0 Å². The molecule has 0 radical (unpaired) electrons. The van der Waals surface area contributed by atoms with Crippen molar-refractivity contribution in [3.63, 3.8) is 0 Å². The van der Waals surface area contributed by atoms with Crippen LogP contribution in [0.4, 0.5) is 0 Å². The number of aliphatic carboxylic acids is 1. The van der Waals surface area contributed by atoms with Crippen molar-refractivity contribution in [3.8, 4) is 5.75 Å². The van der Waals surface area contributed by atoms with E-state index in [2.05, 4.69) is 4.98 Å². The van der Waals surface area contributed by atoms with Crippen LogP contribution in [0.15, 0.2) is 36.9 Å². The molecule has 21 heavy (non-hydrogen) atoms. The van der Waals surface area contributed by atoms with Gasteiger partial charge >= 0.3 is 5.97 Å². The van der Waals surface area contributed by atoms with E-state index in [4.69, 9.17) is 4.74 Å². The Balaban J connectivity index is 0.00000161. The molecule has 1 aromatic heterocycles. The minimum Gasteiger partial charge on any atom is -0.491 e. The first-order valence-electron chi connectivity index (χ1n) is 6.69. The fraction of sp³-hybridized carbons (Fsp3) is 0.333. The Morgan fingerprint density at radius 1 is 1.48 bits per heavy atom. The number of fused-ring (bicyclic) bond motifs is 1. The van der Waals surface area contributed by atoms with Crippen LogP contribution in [0.5, 0.6) is 5.75 Å². The van der Waals surface area contributed by atoms with Crippen molar-refractivity contribution >= 4 is 18.4 Å². The molecule has 1 aliphatic carbocycles. The van der Waals surface area contributed by atoms with Gasteiger partial charge in [0.15, 0.2) is 0 Å². The number of nitrogens with zero attached hydrogens (tertiary/aromatic N) is 2. The highest BCUT2D eigenvalue weighted by atomic mass is 35.5. The summed E-state index contributed by atoms with van der Waals surface area (Å²) < 4.78 is 7.76. The Morgan fingerprint density at radius 2 is 2.33 bits per heavy atom. The molecule has 1 atom stereocenters. The van der Waals surface area contributed by atoms with Gasteiger partial charge in [-0.25, -0.2) is 4.98 Å². The maximum Gasteiger partial charge on any atom is 0.310 e. The minimum absolute atomic E-state index is 0. The van der Waals surface area contributed by atoms with Gasteiger partial charge in [-0.2, -0.15) is 0 Å². The van der Waals surface area contributed by atoms with E-state index in [1.807, 2.05) is 29.0 Å². The lowest BCUT2D eigenvalue weighted by molar-refractivity contribution is -0.138. The maximum atomic E-state index is 11.2. The van der Waals surface area contributed by atoms with Gasteiger partial charge in [0.25, 0.3) is 0 Å². The smallest absolute Gasteiger partial charge is 0.310 e. The number of aromatic nitrogens is 2. The Kier molecular flexibility index (Phi) is 4.85. The zero-order chi connectivity index (χ0) is 13.9. The average molecular weight is 309 g/mol. The van der Waals surface area contributed by atoms with E-state index >= 15 is 0 Å². The van der Waals surface area contributed by atoms with Crippen LogP contribution in [0, 0.1) is 0 Å². The maximum absolute atomic E-state index is 11.2. The van der Waals surface area contributed by atoms with Crippen LogP contribution < -0.4 is 4.74 Å². The number of carbonyl (C=O) groups is 1. The van der Waals surface area contributed by atoms with Gasteiger partial charge in [0.2, 0.25) is 0 Å². The van der Waals surface area contributed by atoms with E-state index in [1.165, 1.54) is 0 Å². The van der Waals surface area contributed by atoms with E-state index in [0.717, 1.165) is 29.8 Å². The lowest BCUT2D eigenvalue weighted by Crippen LogP contribution is -2.09. The van der Waals surface area contributed by atoms with Crippen LogP contribution >= 0.6 is 12.4 Å². The largest absolute Gasteiger partial charge is 0.491 e. The Morgan fingerprint density at radius 3 is 3.05 bits per heavy atom. The summed E-state index contributed by atoms with van der Waals surface area (Å²) in [7, 11) is 0. The molecular weight excluding hydrogens is 292 g/mol. The third-order valence-electron chi connectivity index (χ3n) is 3.69. The topological polar surface area (TPSA) is 64.3 Å². The van der Waals surface area contributed by atoms with Gasteiger partial charge in [-0.15, -0.1) is 12.4 Å². The molecule has 6 heteroatoms. The zero-order valence-corrected chi connectivity index (χ0v) is 12.3. The molecule has 2 aromatic rings. The van der Waals surface area contributed by atoms with E-state index in [1.54, 1.807) is 12.5 Å². The minimum atomic E-state index is -0.751. The van der Waals surface area contributed by atoms with E-state index in [9.17, 15) is 9.90 Å². The van der Waals surface area contributed by atoms with Crippen LogP contribution in [-0.2, 0) is 17.8 Å². The summed E-state index contributed by atoms with van der Waals surface area (Å²) in [6.07, 6.45) is 6.80. The quantitative estimate of drug-likeness (QED) is 0.921. The third-order valence-corrected chi connectivity index (χ3v) is 3.69. The monoisotopic (exact) mass is 308 g/mol. The first-order valence-corrected chi connectivity index (χ1v) is 6.69. The predicted octanol–water partition coefficient (Wildman–Crippen LogP) is 2.50. The second kappa shape index (κ2) is 6.63. The summed E-state index contributed by atoms with van der Waals surface area (Å²) in [6.45, 7) is 1.27. The lowest BCUT2D eigenvalue weighted by Gasteiger charge is -2.12. The molecular formula is C15H17ClN2O3. The molecule has 1 aromatic carbocycles. The summed E-state index contributed by atoms with van der Waals surface area (Å²) in [5.41, 5.74) is 1.95. The van der Waals surface area contributed by atoms with Crippen molar-refractivity contribution in [1.29, 1.82) is 0 Å². The highest BCUT2D eigenvalue weighted by molar-refractivity contribution is 5.85. The van der Waals surface area contributed by atoms with Crippen molar-refractivity contribution in [3.05, 3.63) is 48.0 Å². The lowest BCUT2D eigenvalue weighted by atomic mass is 10.0. The number of halogens is 1. The van der Waals surface area contributed by atoms with Crippen molar-refractivity contribution in [2.75, 3.05) is 6.61 Å². The zero-order valence-electron chi connectivity index (χ0n) is 11.4. The average Bonchev–Trinajstić information content (AvgIpc) is 3.07. The van der Waals surface area contributed by atoms with Crippen LogP contribution in [-0.4, -0.2) is 27.2 Å². The fourth-order valence-electron chi connectivity index (χ4n) is 2.69. The number of imidazole rings is 1. The van der Waals surface area contributed by atoms with Crippen LogP contribution in [0.1, 0.15) is 23.5 Å². The summed E-state index contributed by atoms with van der Waals surface area (Å²) in [6, 6.07) is 5.67. The summed E-state index contributed by atoms with van der Waals surface area (Å²) >= 11 is 0. The molecule has 0 fully saturated rings. The van der Waals surface area contributed by atoms with Crippen molar-refractivity contribution in [2.24, 2.45) is 0 Å². The number of ether oxygens (including phenoxy) is 1. The Labute approximate surface area is 129 Å². The Bertz CT molecular complexity index is 613. The second-order valence-corrected chi connectivity index (χ2v) is 4.90. The summed E-state index contributed by atoms with van der Waals surface area (Å²) in [4.78, 5) is 15.2. The predicted molar refractivity (Wildman–Crippen MR) is 80.1 cm³/mol. The first-order chi connectivity index (χ1) is 9.75. The van der Waals surface area contributed by atoms with Crippen LogP contribution in [0.2, 0.25) is 0 Å². The van der Waals surface area contributed by atoms with Gasteiger partial charge in [-0.05, 0) is 30.0 Å². The standard InChI is InChI=1S/C15H16N2O3.ClH/c18-15(19)13-5-4-12-11(13)2-1-3-14(12)20-9-8-17-7-6-16-10-17;/h1-3,6-7,10,13H,4-5,8-9H2,(H,18,19);1H. The van der Waals surface area contributed by atoms with Gasteiger partial charge in [-0.1, -0.05) is 12.1 Å². The first kappa shape index (κ1) is 15.4. The Hall–Kier alpha value is -2.01. The SMILES string of the molecule is Cl.O=C(O)C1CCc2c(OCCn3ccnc3)cccc21. The molecule has 1 unspecified atom stereocenters. The molecule has 0 bridgehead atoms. The summed E-state index contributed by atoms with van der Waals surface area (Å²) in [5, 5.41) is 9.20. The molecule has 0 saturated carbocycles. The van der Waals surface area contributed by atoms with Crippen molar-refractivity contribution < 1.29 is 14.6 Å². The van der Waals surface area contributed by atoms with Gasteiger partial charge in [0.05, 0.1) is 18.8 Å². The molecule has 0 aliphatic heterocycles.